The number of rotatable bonds is 10. The van der Waals surface area contributed by atoms with Crippen LogP contribution in [0.5, 0.6) is 0 Å². The van der Waals surface area contributed by atoms with E-state index in [0.29, 0.717) is 33.0 Å². The van der Waals surface area contributed by atoms with Crippen LogP contribution in [0.4, 0.5) is 0 Å². The Hall–Kier alpha value is -1.10. The third-order valence-electron chi connectivity index (χ3n) is 4.78. The first-order valence-corrected chi connectivity index (χ1v) is 9.49. The van der Waals surface area contributed by atoms with E-state index in [1.165, 1.54) is 0 Å². The Balaban J connectivity index is 1.76. The predicted molar refractivity (Wildman–Crippen MR) is 98.9 cm³/mol. The van der Waals surface area contributed by atoms with Crippen LogP contribution in [-0.4, -0.2) is 85.1 Å². The molecule has 0 unspecified atom stereocenters. The summed E-state index contributed by atoms with van der Waals surface area (Å²) in [6.45, 7) is 2.10. The zero-order chi connectivity index (χ0) is 19.8. The lowest BCUT2D eigenvalue weighted by Gasteiger charge is -2.48. The van der Waals surface area contributed by atoms with E-state index in [1.807, 2.05) is 30.3 Å². The van der Waals surface area contributed by atoms with Crippen molar-refractivity contribution in [1.29, 1.82) is 0 Å². The molecule has 8 nitrogen and oxygen atoms in total. The molecule has 2 saturated heterocycles. The smallest absolute Gasteiger partial charge is 0.186 e. The van der Waals surface area contributed by atoms with Gasteiger partial charge in [-0.1, -0.05) is 30.3 Å². The minimum Gasteiger partial charge on any atom is -0.382 e. The van der Waals surface area contributed by atoms with Gasteiger partial charge in [0.15, 0.2) is 12.6 Å². The van der Waals surface area contributed by atoms with Gasteiger partial charge in [-0.25, -0.2) is 0 Å². The highest BCUT2D eigenvalue weighted by Crippen LogP contribution is 2.36. The highest BCUT2D eigenvalue weighted by molar-refractivity contribution is 5.16. The number of ether oxygens (including phenoxy) is 8. The van der Waals surface area contributed by atoms with Gasteiger partial charge in [-0.3, -0.25) is 0 Å². The standard InChI is InChI=1S/C20H30O8/c1-21-9-11-24-17-16-15(27-20(23-3)18(17)25-12-10-22-2)13-26-19(28-16)14-7-5-4-6-8-14/h4-8,15-20H,9-13H2,1-3H3/t15-,16-,17+,18-,19-,20+/m1/s1. The van der Waals surface area contributed by atoms with Gasteiger partial charge in [-0.2, -0.15) is 0 Å². The van der Waals surface area contributed by atoms with Crippen molar-refractivity contribution in [3.63, 3.8) is 0 Å². The van der Waals surface area contributed by atoms with Crippen LogP contribution >= 0.6 is 0 Å². The van der Waals surface area contributed by atoms with E-state index in [0.717, 1.165) is 5.56 Å². The van der Waals surface area contributed by atoms with Gasteiger partial charge in [0.25, 0.3) is 0 Å². The van der Waals surface area contributed by atoms with Crippen LogP contribution < -0.4 is 0 Å². The summed E-state index contributed by atoms with van der Waals surface area (Å²) >= 11 is 0. The summed E-state index contributed by atoms with van der Waals surface area (Å²) in [5, 5.41) is 0. The predicted octanol–water partition coefficient (Wildman–Crippen LogP) is 1.54. The molecule has 1 aromatic rings. The molecule has 8 heteroatoms. The third-order valence-corrected chi connectivity index (χ3v) is 4.78. The summed E-state index contributed by atoms with van der Waals surface area (Å²) < 4.78 is 46.1. The zero-order valence-corrected chi connectivity index (χ0v) is 16.7. The van der Waals surface area contributed by atoms with Crippen molar-refractivity contribution in [2.24, 2.45) is 0 Å². The number of methoxy groups -OCH3 is 3. The molecule has 6 atom stereocenters. The molecular weight excluding hydrogens is 368 g/mol. The van der Waals surface area contributed by atoms with E-state index in [4.69, 9.17) is 37.9 Å². The molecular formula is C20H30O8. The largest absolute Gasteiger partial charge is 0.382 e. The van der Waals surface area contributed by atoms with Crippen LogP contribution in [0.15, 0.2) is 30.3 Å². The van der Waals surface area contributed by atoms with Crippen molar-refractivity contribution < 1.29 is 37.9 Å². The number of fused-ring (bicyclic) bond motifs is 1. The zero-order valence-electron chi connectivity index (χ0n) is 16.7. The van der Waals surface area contributed by atoms with Crippen LogP contribution in [0, 0.1) is 0 Å². The van der Waals surface area contributed by atoms with Gasteiger partial charge in [-0.05, 0) is 0 Å². The lowest BCUT2D eigenvalue weighted by atomic mass is 9.97. The number of hydrogen-bond acceptors (Lipinski definition) is 8. The molecule has 3 rings (SSSR count). The third kappa shape index (κ3) is 5.28. The normalized spacial score (nSPS) is 32.8. The quantitative estimate of drug-likeness (QED) is 0.550. The van der Waals surface area contributed by atoms with Gasteiger partial charge in [0.2, 0.25) is 0 Å². The highest BCUT2D eigenvalue weighted by Gasteiger charge is 2.51. The Morgan fingerprint density at radius 3 is 2.18 bits per heavy atom. The summed E-state index contributed by atoms with van der Waals surface area (Å²) in [7, 11) is 4.85. The fraction of sp³-hybridized carbons (Fsp3) is 0.700. The minimum atomic E-state index is -0.592. The molecule has 0 saturated carbocycles. The van der Waals surface area contributed by atoms with Gasteiger partial charge in [0, 0.05) is 26.9 Å². The van der Waals surface area contributed by atoms with E-state index in [1.54, 1.807) is 21.3 Å². The second kappa shape index (κ2) is 11.2. The van der Waals surface area contributed by atoms with Crippen LogP contribution in [0.3, 0.4) is 0 Å². The summed E-state index contributed by atoms with van der Waals surface area (Å²) in [4.78, 5) is 0. The molecule has 2 heterocycles. The molecule has 0 spiro atoms. The van der Waals surface area contributed by atoms with E-state index < -0.39 is 24.8 Å². The van der Waals surface area contributed by atoms with Crippen molar-refractivity contribution in [2.45, 2.75) is 37.0 Å². The summed E-state index contributed by atoms with van der Waals surface area (Å²) in [6.07, 6.45) is -2.63. The van der Waals surface area contributed by atoms with Gasteiger partial charge < -0.3 is 37.9 Å². The van der Waals surface area contributed by atoms with E-state index in [2.05, 4.69) is 0 Å². The molecule has 0 radical (unpaired) electrons. The van der Waals surface area contributed by atoms with Crippen LogP contribution in [0.2, 0.25) is 0 Å². The Morgan fingerprint density at radius 1 is 0.857 bits per heavy atom. The average molecular weight is 398 g/mol. The Kier molecular flexibility index (Phi) is 8.63. The first-order valence-electron chi connectivity index (χ1n) is 9.49. The molecule has 0 amide bonds. The molecule has 158 valence electrons. The maximum Gasteiger partial charge on any atom is 0.186 e. The second-order valence-corrected chi connectivity index (χ2v) is 6.61. The summed E-state index contributed by atoms with van der Waals surface area (Å²) in [5.74, 6) is 0. The van der Waals surface area contributed by atoms with E-state index >= 15 is 0 Å². The fourth-order valence-corrected chi connectivity index (χ4v) is 3.42. The van der Waals surface area contributed by atoms with Gasteiger partial charge in [0.05, 0.1) is 33.0 Å². The van der Waals surface area contributed by atoms with E-state index in [9.17, 15) is 0 Å². The van der Waals surface area contributed by atoms with Gasteiger partial charge in [0.1, 0.15) is 24.4 Å². The average Bonchev–Trinajstić information content (AvgIpc) is 2.75. The van der Waals surface area contributed by atoms with E-state index in [-0.39, 0.29) is 12.2 Å². The molecule has 28 heavy (non-hydrogen) atoms. The summed E-state index contributed by atoms with van der Waals surface area (Å²) in [5.41, 5.74) is 0.947. The minimum absolute atomic E-state index is 0.320. The molecule has 0 bridgehead atoms. The molecule has 0 aliphatic carbocycles. The number of hydrogen-bond donors (Lipinski definition) is 0. The summed E-state index contributed by atoms with van der Waals surface area (Å²) in [6, 6.07) is 9.81. The highest BCUT2D eigenvalue weighted by atomic mass is 16.8. The lowest BCUT2D eigenvalue weighted by Crippen LogP contribution is -2.63. The van der Waals surface area contributed by atoms with Gasteiger partial charge >= 0.3 is 0 Å². The van der Waals surface area contributed by atoms with Crippen molar-refractivity contribution in [3.05, 3.63) is 35.9 Å². The lowest BCUT2D eigenvalue weighted by molar-refractivity contribution is -0.368. The van der Waals surface area contributed by atoms with Crippen molar-refractivity contribution in [2.75, 3.05) is 54.4 Å². The van der Waals surface area contributed by atoms with Crippen molar-refractivity contribution >= 4 is 0 Å². The topological polar surface area (TPSA) is 73.8 Å². The first-order chi connectivity index (χ1) is 13.8. The molecule has 1 aromatic carbocycles. The number of benzene rings is 1. The second-order valence-electron chi connectivity index (χ2n) is 6.61. The molecule has 2 aliphatic rings. The first kappa shape index (κ1) is 21.6. The van der Waals surface area contributed by atoms with Gasteiger partial charge in [-0.15, -0.1) is 0 Å². The Morgan fingerprint density at radius 2 is 1.54 bits per heavy atom. The van der Waals surface area contributed by atoms with Crippen molar-refractivity contribution in [1.82, 2.24) is 0 Å². The Labute approximate surface area is 165 Å². The SMILES string of the molecule is COCCO[C@@H]1[C@@H](OCCOC)[C@@H](OC)O[C@@H]2CO[C@@H](c3ccccc3)O[C@@H]12. The van der Waals surface area contributed by atoms with Crippen LogP contribution in [0.25, 0.3) is 0 Å². The monoisotopic (exact) mass is 398 g/mol. The maximum absolute atomic E-state index is 6.27. The molecule has 2 aliphatic heterocycles. The molecule has 0 aromatic heterocycles. The fourth-order valence-electron chi connectivity index (χ4n) is 3.42. The van der Waals surface area contributed by atoms with Crippen molar-refractivity contribution in [3.8, 4) is 0 Å². The van der Waals surface area contributed by atoms with Crippen LogP contribution in [-0.2, 0) is 37.9 Å². The van der Waals surface area contributed by atoms with Crippen LogP contribution in [0.1, 0.15) is 11.9 Å². The Bertz CT molecular complexity index is 556. The molecule has 2 fully saturated rings. The molecule has 0 N–H and O–H groups in total. The maximum atomic E-state index is 6.27.